The molecular weight excluding hydrogens is 298 g/mol. The van der Waals surface area contributed by atoms with Crippen molar-refractivity contribution in [2.75, 3.05) is 13.6 Å². The molecule has 7 heteroatoms. The molecule has 0 aliphatic heterocycles. The highest BCUT2D eigenvalue weighted by Crippen LogP contribution is 2.36. The summed E-state index contributed by atoms with van der Waals surface area (Å²) in [6, 6.07) is 1.95. The van der Waals surface area contributed by atoms with Crippen molar-refractivity contribution in [3.63, 3.8) is 0 Å². The van der Waals surface area contributed by atoms with Gasteiger partial charge in [0.25, 0.3) is 0 Å². The molecule has 21 heavy (non-hydrogen) atoms. The number of halogens is 2. The molecule has 0 saturated heterocycles. The summed E-state index contributed by atoms with van der Waals surface area (Å²) in [7, 11) is -2.43. The van der Waals surface area contributed by atoms with Crippen LogP contribution >= 0.6 is 0 Å². The molecule has 1 fully saturated rings. The topological polar surface area (TPSA) is 58.2 Å². The van der Waals surface area contributed by atoms with Gasteiger partial charge in [-0.05, 0) is 43.9 Å². The average molecular weight is 318 g/mol. The zero-order chi connectivity index (χ0) is 15.6. The first-order valence-corrected chi connectivity index (χ1v) is 8.46. The monoisotopic (exact) mass is 318 g/mol. The SMILES string of the molecule is CNCc1c(F)ccc(S(=O)(=O)NCC(C)C2CC2)c1F. The lowest BCUT2D eigenvalue weighted by Gasteiger charge is -2.14. The lowest BCUT2D eigenvalue weighted by Crippen LogP contribution is -2.30. The zero-order valence-corrected chi connectivity index (χ0v) is 12.9. The van der Waals surface area contributed by atoms with E-state index in [0.29, 0.717) is 5.92 Å². The van der Waals surface area contributed by atoms with E-state index in [1.54, 1.807) is 0 Å². The van der Waals surface area contributed by atoms with Crippen molar-refractivity contribution in [1.82, 2.24) is 10.0 Å². The van der Waals surface area contributed by atoms with Crippen LogP contribution in [0.5, 0.6) is 0 Å². The first kappa shape index (κ1) is 16.3. The third-order valence-corrected chi connectivity index (χ3v) is 5.26. The van der Waals surface area contributed by atoms with Crippen molar-refractivity contribution in [2.45, 2.75) is 31.2 Å². The third kappa shape index (κ3) is 3.78. The second-order valence-electron chi connectivity index (χ2n) is 5.53. The van der Waals surface area contributed by atoms with E-state index in [4.69, 9.17) is 0 Å². The Bertz CT molecular complexity index is 616. The van der Waals surface area contributed by atoms with E-state index in [2.05, 4.69) is 10.0 Å². The fourth-order valence-corrected chi connectivity index (χ4v) is 3.52. The largest absolute Gasteiger partial charge is 0.315 e. The Hall–Kier alpha value is -1.05. The van der Waals surface area contributed by atoms with E-state index >= 15 is 0 Å². The molecule has 0 amide bonds. The van der Waals surface area contributed by atoms with Gasteiger partial charge in [-0.3, -0.25) is 0 Å². The van der Waals surface area contributed by atoms with E-state index in [-0.39, 0.29) is 24.6 Å². The van der Waals surface area contributed by atoms with Crippen LogP contribution in [0.25, 0.3) is 0 Å². The molecule has 0 spiro atoms. The van der Waals surface area contributed by atoms with Crippen LogP contribution in [0.1, 0.15) is 25.3 Å². The summed E-state index contributed by atoms with van der Waals surface area (Å²) < 4.78 is 54.5. The van der Waals surface area contributed by atoms with Crippen LogP contribution in [0.2, 0.25) is 0 Å². The van der Waals surface area contributed by atoms with Crippen molar-refractivity contribution in [3.8, 4) is 0 Å². The predicted octanol–water partition coefficient (Wildman–Crippen LogP) is 2.01. The Morgan fingerprint density at radius 2 is 2.00 bits per heavy atom. The maximum Gasteiger partial charge on any atom is 0.243 e. The minimum Gasteiger partial charge on any atom is -0.315 e. The standard InChI is InChI=1S/C14H20F2N2O2S/c1-9(10-3-4-10)7-18-21(19,20)13-6-5-12(15)11(8-17-2)14(13)16/h5-6,9-10,17-18H,3-4,7-8H2,1-2H3. The molecule has 1 aromatic rings. The van der Waals surface area contributed by atoms with Crippen LogP contribution in [0.4, 0.5) is 8.78 Å². The van der Waals surface area contributed by atoms with Gasteiger partial charge in [0.05, 0.1) is 0 Å². The summed E-state index contributed by atoms with van der Waals surface area (Å²) in [5, 5.41) is 2.62. The van der Waals surface area contributed by atoms with Crippen LogP contribution in [-0.2, 0) is 16.6 Å². The molecule has 0 radical (unpaired) electrons. The fourth-order valence-electron chi connectivity index (χ4n) is 2.27. The number of sulfonamides is 1. The van der Waals surface area contributed by atoms with Crippen molar-refractivity contribution in [3.05, 3.63) is 29.3 Å². The molecule has 0 bridgehead atoms. The van der Waals surface area contributed by atoms with Crippen LogP contribution in [-0.4, -0.2) is 22.0 Å². The predicted molar refractivity (Wildman–Crippen MR) is 76.2 cm³/mol. The summed E-state index contributed by atoms with van der Waals surface area (Å²) in [5.74, 6) is -1.02. The summed E-state index contributed by atoms with van der Waals surface area (Å²) in [6.07, 6.45) is 2.22. The minimum atomic E-state index is -3.97. The highest BCUT2D eigenvalue weighted by Gasteiger charge is 2.30. The highest BCUT2D eigenvalue weighted by molar-refractivity contribution is 7.89. The van der Waals surface area contributed by atoms with E-state index in [0.717, 1.165) is 25.0 Å². The quantitative estimate of drug-likeness (QED) is 0.808. The molecule has 0 heterocycles. The maximum atomic E-state index is 14.2. The number of benzene rings is 1. The second-order valence-corrected chi connectivity index (χ2v) is 7.27. The molecule has 2 rings (SSSR count). The van der Waals surface area contributed by atoms with E-state index in [1.807, 2.05) is 6.92 Å². The van der Waals surface area contributed by atoms with Gasteiger partial charge in [0.2, 0.25) is 10.0 Å². The molecule has 1 unspecified atom stereocenters. The van der Waals surface area contributed by atoms with Gasteiger partial charge in [-0.2, -0.15) is 0 Å². The molecule has 1 atom stereocenters. The molecule has 1 aliphatic rings. The second kappa shape index (κ2) is 6.37. The molecular formula is C14H20F2N2O2S. The first-order chi connectivity index (χ1) is 9.86. The fraction of sp³-hybridized carbons (Fsp3) is 0.571. The van der Waals surface area contributed by atoms with Gasteiger partial charge < -0.3 is 5.32 Å². The van der Waals surface area contributed by atoms with E-state index in [9.17, 15) is 17.2 Å². The zero-order valence-electron chi connectivity index (χ0n) is 12.1. The number of hydrogen-bond donors (Lipinski definition) is 2. The number of nitrogens with one attached hydrogen (secondary N) is 2. The number of rotatable bonds is 7. The Balaban J connectivity index is 2.20. The van der Waals surface area contributed by atoms with Crippen LogP contribution in [0.3, 0.4) is 0 Å². The third-order valence-electron chi connectivity index (χ3n) is 3.82. The molecule has 0 aromatic heterocycles. The normalized spacial score (nSPS) is 17.0. The lowest BCUT2D eigenvalue weighted by atomic mass is 10.1. The molecule has 1 aliphatic carbocycles. The van der Waals surface area contributed by atoms with Crippen LogP contribution in [0.15, 0.2) is 17.0 Å². The lowest BCUT2D eigenvalue weighted by molar-refractivity contribution is 0.486. The van der Waals surface area contributed by atoms with Gasteiger partial charge >= 0.3 is 0 Å². The van der Waals surface area contributed by atoms with Gasteiger partial charge in [-0.15, -0.1) is 0 Å². The number of hydrogen-bond acceptors (Lipinski definition) is 3. The smallest absolute Gasteiger partial charge is 0.243 e. The summed E-state index contributed by atoms with van der Waals surface area (Å²) in [6.45, 7) is 2.16. The van der Waals surface area contributed by atoms with E-state index < -0.39 is 26.6 Å². The van der Waals surface area contributed by atoms with Crippen molar-refractivity contribution in [1.29, 1.82) is 0 Å². The van der Waals surface area contributed by atoms with Crippen molar-refractivity contribution >= 4 is 10.0 Å². The molecule has 118 valence electrons. The molecule has 2 N–H and O–H groups in total. The summed E-state index contributed by atoms with van der Waals surface area (Å²) in [4.78, 5) is -0.503. The maximum absolute atomic E-state index is 14.2. The van der Waals surface area contributed by atoms with Gasteiger partial charge in [-0.1, -0.05) is 6.92 Å². The molecule has 1 saturated carbocycles. The Morgan fingerprint density at radius 1 is 1.33 bits per heavy atom. The van der Waals surface area contributed by atoms with Crippen molar-refractivity contribution in [2.24, 2.45) is 11.8 Å². The van der Waals surface area contributed by atoms with Crippen molar-refractivity contribution < 1.29 is 17.2 Å². The Morgan fingerprint density at radius 3 is 2.57 bits per heavy atom. The Kier molecular flexibility index (Phi) is 4.95. The van der Waals surface area contributed by atoms with Gasteiger partial charge in [0.15, 0.2) is 5.82 Å². The van der Waals surface area contributed by atoms with Crippen LogP contribution in [0, 0.1) is 23.5 Å². The van der Waals surface area contributed by atoms with Gasteiger partial charge in [0, 0.05) is 18.7 Å². The highest BCUT2D eigenvalue weighted by atomic mass is 32.2. The molecule has 4 nitrogen and oxygen atoms in total. The summed E-state index contributed by atoms with van der Waals surface area (Å²) in [5.41, 5.74) is -0.268. The van der Waals surface area contributed by atoms with E-state index in [1.165, 1.54) is 7.05 Å². The van der Waals surface area contributed by atoms with Gasteiger partial charge in [-0.25, -0.2) is 21.9 Å². The first-order valence-electron chi connectivity index (χ1n) is 6.98. The van der Waals surface area contributed by atoms with Gasteiger partial charge in [0.1, 0.15) is 10.7 Å². The minimum absolute atomic E-state index is 0.0699. The molecule has 1 aromatic carbocycles. The Labute approximate surface area is 124 Å². The average Bonchev–Trinajstić information content (AvgIpc) is 3.25. The summed E-state index contributed by atoms with van der Waals surface area (Å²) >= 11 is 0. The van der Waals surface area contributed by atoms with Crippen LogP contribution < -0.4 is 10.0 Å².